The zero-order valence-corrected chi connectivity index (χ0v) is 54.8. The Kier molecular flexibility index (Phi) is 67.6. The van der Waals surface area contributed by atoms with Crippen LogP contribution in [0.3, 0.4) is 0 Å². The van der Waals surface area contributed by atoms with Gasteiger partial charge in [0.05, 0.1) is 0 Å². The summed E-state index contributed by atoms with van der Waals surface area (Å²) in [6.07, 6.45) is 92.2. The monoisotopic (exact) mass is 1150 g/mol. The van der Waals surface area contributed by atoms with Crippen molar-refractivity contribution in [3.05, 3.63) is 72.9 Å². The Morgan fingerprint density at radius 3 is 0.756 bits per heavy atom. The summed E-state index contributed by atoms with van der Waals surface area (Å²) in [6, 6.07) is 0. The zero-order valence-electron chi connectivity index (χ0n) is 54.8. The summed E-state index contributed by atoms with van der Waals surface area (Å²) < 4.78 is 17.0. The van der Waals surface area contributed by atoms with Crippen LogP contribution in [0.25, 0.3) is 0 Å². The molecule has 0 aliphatic carbocycles. The van der Waals surface area contributed by atoms with Crippen molar-refractivity contribution in [3.63, 3.8) is 0 Å². The maximum atomic E-state index is 12.9. The highest BCUT2D eigenvalue weighted by molar-refractivity contribution is 5.71. The summed E-state index contributed by atoms with van der Waals surface area (Å²) in [6.45, 7) is 6.58. The third kappa shape index (κ3) is 67.6. The molecule has 0 aliphatic heterocycles. The highest BCUT2D eigenvalue weighted by Crippen LogP contribution is 2.18. The van der Waals surface area contributed by atoms with Gasteiger partial charge in [-0.2, -0.15) is 0 Å². The standard InChI is InChI=1S/C76H136O6/c1-4-7-10-13-16-19-22-25-28-30-32-33-34-35-36-37-38-39-40-41-42-43-45-46-48-51-54-57-60-63-66-69-75(78)81-72-73(71-80-74(77)68-65-62-59-56-53-50-27-24-21-18-15-12-9-6-3)82-76(79)70-67-64-61-58-55-52-49-47-44-31-29-26-23-20-17-14-11-8-5-2/h7,10,16,19,25-26,28-29,32-33,35-36,73H,4-6,8-9,11-15,17-18,20-24,27,30-31,34,37-72H2,1-3H3/b10-7-,19-16-,28-25-,29-26-,33-32-,36-35-. The van der Waals surface area contributed by atoms with E-state index in [-0.39, 0.29) is 31.1 Å². The lowest BCUT2D eigenvalue weighted by atomic mass is 10.0. The molecule has 0 rings (SSSR count). The Morgan fingerprint density at radius 2 is 0.476 bits per heavy atom. The molecule has 0 saturated carbocycles. The maximum Gasteiger partial charge on any atom is 0.306 e. The van der Waals surface area contributed by atoms with E-state index >= 15 is 0 Å². The highest BCUT2D eigenvalue weighted by Gasteiger charge is 2.19. The van der Waals surface area contributed by atoms with Crippen LogP contribution in [0.4, 0.5) is 0 Å². The molecule has 0 aromatic heterocycles. The molecule has 0 aliphatic rings. The number of hydrogen-bond acceptors (Lipinski definition) is 6. The minimum Gasteiger partial charge on any atom is -0.462 e. The van der Waals surface area contributed by atoms with Crippen LogP contribution in [-0.2, 0) is 28.6 Å². The molecule has 6 nitrogen and oxygen atoms in total. The summed E-state index contributed by atoms with van der Waals surface area (Å²) in [7, 11) is 0. The molecule has 0 amide bonds. The van der Waals surface area contributed by atoms with Crippen LogP contribution in [0.5, 0.6) is 0 Å². The topological polar surface area (TPSA) is 78.9 Å². The summed E-state index contributed by atoms with van der Waals surface area (Å²) in [4.78, 5) is 38.4. The number of allylic oxidation sites excluding steroid dienone is 12. The fourth-order valence-corrected chi connectivity index (χ4v) is 10.6. The largest absolute Gasteiger partial charge is 0.462 e. The van der Waals surface area contributed by atoms with Crippen molar-refractivity contribution in [1.29, 1.82) is 0 Å². The van der Waals surface area contributed by atoms with Crippen molar-refractivity contribution >= 4 is 17.9 Å². The Morgan fingerprint density at radius 1 is 0.256 bits per heavy atom. The zero-order chi connectivity index (χ0) is 59.2. The quantitative estimate of drug-likeness (QED) is 0.0261. The fraction of sp³-hybridized carbons (Fsp3) is 0.803. The first-order chi connectivity index (χ1) is 40.5. The lowest BCUT2D eigenvalue weighted by Gasteiger charge is -2.18. The van der Waals surface area contributed by atoms with Gasteiger partial charge in [0.1, 0.15) is 13.2 Å². The molecule has 0 aromatic carbocycles. The van der Waals surface area contributed by atoms with E-state index < -0.39 is 6.10 Å². The van der Waals surface area contributed by atoms with E-state index in [1.54, 1.807) is 0 Å². The predicted molar refractivity (Wildman–Crippen MR) is 358 cm³/mol. The first-order valence-corrected chi connectivity index (χ1v) is 35.9. The van der Waals surface area contributed by atoms with Gasteiger partial charge >= 0.3 is 17.9 Å². The van der Waals surface area contributed by atoms with Gasteiger partial charge in [0.15, 0.2) is 6.10 Å². The van der Waals surface area contributed by atoms with Crippen molar-refractivity contribution in [1.82, 2.24) is 0 Å². The minimum atomic E-state index is -0.774. The van der Waals surface area contributed by atoms with E-state index in [0.29, 0.717) is 19.3 Å². The first-order valence-electron chi connectivity index (χ1n) is 35.9. The number of unbranched alkanes of at least 4 members (excludes halogenated alkanes) is 43. The van der Waals surface area contributed by atoms with Gasteiger partial charge in [-0.25, -0.2) is 0 Å². The first kappa shape index (κ1) is 78.8. The Hall–Kier alpha value is -3.15. The molecule has 6 heteroatoms. The van der Waals surface area contributed by atoms with E-state index in [2.05, 4.69) is 93.7 Å². The highest BCUT2D eigenvalue weighted by atomic mass is 16.6. The number of esters is 3. The molecule has 82 heavy (non-hydrogen) atoms. The van der Waals surface area contributed by atoms with Crippen molar-refractivity contribution in [2.75, 3.05) is 13.2 Å². The van der Waals surface area contributed by atoms with Crippen molar-refractivity contribution in [2.24, 2.45) is 0 Å². The molecule has 0 spiro atoms. The molecule has 0 saturated heterocycles. The van der Waals surface area contributed by atoms with Crippen molar-refractivity contribution in [2.45, 2.75) is 380 Å². The number of hydrogen-bond donors (Lipinski definition) is 0. The third-order valence-electron chi connectivity index (χ3n) is 15.9. The Labute approximate surface area is 510 Å². The molecule has 0 heterocycles. The van der Waals surface area contributed by atoms with Gasteiger partial charge < -0.3 is 14.2 Å². The van der Waals surface area contributed by atoms with Crippen molar-refractivity contribution < 1.29 is 28.6 Å². The van der Waals surface area contributed by atoms with Crippen LogP contribution in [-0.4, -0.2) is 37.2 Å². The fourth-order valence-electron chi connectivity index (χ4n) is 10.6. The van der Waals surface area contributed by atoms with E-state index in [4.69, 9.17) is 14.2 Å². The molecule has 0 aromatic rings. The second-order valence-corrected chi connectivity index (χ2v) is 24.1. The second-order valence-electron chi connectivity index (χ2n) is 24.1. The van der Waals surface area contributed by atoms with Gasteiger partial charge in [0, 0.05) is 19.3 Å². The van der Waals surface area contributed by atoms with Gasteiger partial charge in [0.2, 0.25) is 0 Å². The molecule has 1 unspecified atom stereocenters. The number of rotatable bonds is 66. The molecule has 0 N–H and O–H groups in total. The lowest BCUT2D eigenvalue weighted by molar-refractivity contribution is -0.167. The van der Waals surface area contributed by atoms with Gasteiger partial charge in [-0.15, -0.1) is 0 Å². The molecular weight excluding hydrogens is 1010 g/mol. The maximum absolute atomic E-state index is 12.9. The average molecular weight is 1150 g/mol. The Balaban J connectivity index is 4.21. The second kappa shape index (κ2) is 70.3. The number of carbonyl (C=O) groups excluding carboxylic acids is 3. The molecule has 0 radical (unpaired) electrons. The molecule has 476 valence electrons. The average Bonchev–Trinajstić information content (AvgIpc) is 3.47. The smallest absolute Gasteiger partial charge is 0.306 e. The van der Waals surface area contributed by atoms with Gasteiger partial charge in [-0.1, -0.05) is 338 Å². The van der Waals surface area contributed by atoms with Gasteiger partial charge in [-0.05, 0) is 89.9 Å². The van der Waals surface area contributed by atoms with E-state index in [9.17, 15) is 14.4 Å². The summed E-state index contributed by atoms with van der Waals surface area (Å²) in [5, 5.41) is 0. The summed E-state index contributed by atoms with van der Waals surface area (Å²) in [5.74, 6) is -0.848. The van der Waals surface area contributed by atoms with Gasteiger partial charge in [-0.3, -0.25) is 14.4 Å². The number of ether oxygens (including phenoxy) is 3. The SMILES string of the molecule is CC/C=C\C/C=C\C/C=C\C/C=C\C/C=C\CCCCCCCCCCCCCCCCCC(=O)OCC(COC(=O)CCCCCCCCCCCCCCCC)OC(=O)CCCCCCCCCCC/C=C\CCCCCCCC. The third-order valence-corrected chi connectivity index (χ3v) is 15.9. The molecule has 1 atom stereocenters. The Bertz CT molecular complexity index is 1500. The van der Waals surface area contributed by atoms with Crippen LogP contribution in [0.2, 0.25) is 0 Å². The van der Waals surface area contributed by atoms with Gasteiger partial charge in [0.25, 0.3) is 0 Å². The van der Waals surface area contributed by atoms with Crippen LogP contribution >= 0.6 is 0 Å². The predicted octanol–water partition coefficient (Wildman–Crippen LogP) is 24.8. The van der Waals surface area contributed by atoms with Crippen LogP contribution in [0.1, 0.15) is 374 Å². The molecule has 0 bridgehead atoms. The lowest BCUT2D eigenvalue weighted by Crippen LogP contribution is -2.30. The van der Waals surface area contributed by atoms with E-state index in [0.717, 1.165) is 89.9 Å². The number of carbonyl (C=O) groups is 3. The molecular formula is C76H136O6. The molecule has 0 fully saturated rings. The van der Waals surface area contributed by atoms with E-state index in [1.165, 1.54) is 244 Å². The van der Waals surface area contributed by atoms with E-state index in [1.807, 2.05) is 0 Å². The van der Waals surface area contributed by atoms with Crippen molar-refractivity contribution in [3.8, 4) is 0 Å². The van der Waals surface area contributed by atoms with Crippen LogP contribution < -0.4 is 0 Å². The summed E-state index contributed by atoms with van der Waals surface area (Å²) in [5.41, 5.74) is 0. The summed E-state index contributed by atoms with van der Waals surface area (Å²) >= 11 is 0. The van der Waals surface area contributed by atoms with Crippen LogP contribution in [0.15, 0.2) is 72.9 Å². The normalized spacial score (nSPS) is 12.5. The minimum absolute atomic E-state index is 0.0700. The van der Waals surface area contributed by atoms with Crippen LogP contribution in [0, 0.1) is 0 Å².